The van der Waals surface area contributed by atoms with E-state index in [1.165, 1.54) is 35.9 Å². The second-order valence-corrected chi connectivity index (χ2v) is 4.65. The molecule has 0 unspecified atom stereocenters. The fourth-order valence-corrected chi connectivity index (χ4v) is 2.01. The average molecular weight is 327 g/mol. The molecule has 0 atom stereocenters. The first kappa shape index (κ1) is 16.3. The highest BCUT2D eigenvalue weighted by atomic mass is 19.4. The van der Waals surface area contributed by atoms with Crippen LogP contribution in [0.2, 0.25) is 0 Å². The van der Waals surface area contributed by atoms with E-state index in [1.807, 2.05) is 0 Å². The number of ketones is 1. The molecule has 0 bridgehead atoms. The average Bonchev–Trinajstić information content (AvgIpc) is 2.74. The molecule has 2 rings (SSSR count). The van der Waals surface area contributed by atoms with Crippen molar-refractivity contribution in [2.75, 3.05) is 0 Å². The SMILES string of the molecule is Cn1cc(C(=O)C(F)(F)C(F)(F)C(F)(F)F)c2ccccc21. The van der Waals surface area contributed by atoms with E-state index in [1.54, 1.807) is 0 Å². The highest BCUT2D eigenvalue weighted by Gasteiger charge is 2.76. The Kier molecular flexibility index (Phi) is 3.50. The van der Waals surface area contributed by atoms with Crippen LogP contribution in [0.5, 0.6) is 0 Å². The Morgan fingerprint density at radius 1 is 1.00 bits per heavy atom. The van der Waals surface area contributed by atoms with Crippen LogP contribution in [0.15, 0.2) is 30.5 Å². The first-order chi connectivity index (χ1) is 9.91. The molecule has 9 heteroatoms. The lowest BCUT2D eigenvalue weighted by Gasteiger charge is -2.26. The molecule has 0 amide bonds. The number of carbonyl (C=O) groups is 1. The van der Waals surface area contributed by atoms with Crippen LogP contribution in [0.1, 0.15) is 10.4 Å². The van der Waals surface area contributed by atoms with E-state index in [-0.39, 0.29) is 10.9 Å². The van der Waals surface area contributed by atoms with Crippen LogP contribution < -0.4 is 0 Å². The van der Waals surface area contributed by atoms with Crippen molar-refractivity contribution in [1.29, 1.82) is 0 Å². The van der Waals surface area contributed by atoms with Crippen LogP contribution in [0.25, 0.3) is 10.9 Å². The zero-order chi connectivity index (χ0) is 16.9. The van der Waals surface area contributed by atoms with Gasteiger partial charge in [-0.1, -0.05) is 18.2 Å². The lowest BCUT2D eigenvalue weighted by molar-refractivity contribution is -0.339. The largest absolute Gasteiger partial charge is 0.460 e. The van der Waals surface area contributed by atoms with E-state index in [2.05, 4.69) is 0 Å². The zero-order valence-corrected chi connectivity index (χ0v) is 10.9. The predicted octanol–water partition coefficient (Wildman–Crippen LogP) is 4.19. The fourth-order valence-electron chi connectivity index (χ4n) is 2.01. The van der Waals surface area contributed by atoms with Crippen molar-refractivity contribution >= 4 is 16.7 Å². The van der Waals surface area contributed by atoms with Gasteiger partial charge in [0.1, 0.15) is 0 Å². The molecule has 2 aromatic rings. The molecule has 0 aliphatic carbocycles. The summed E-state index contributed by atoms with van der Waals surface area (Å²) in [5.74, 6) is -14.9. The van der Waals surface area contributed by atoms with Crippen molar-refractivity contribution in [2.24, 2.45) is 7.05 Å². The molecule has 0 radical (unpaired) electrons. The number of carbonyl (C=O) groups excluding carboxylic acids is 1. The number of hydrogen-bond donors (Lipinski definition) is 0. The van der Waals surface area contributed by atoms with Crippen LogP contribution in [-0.4, -0.2) is 28.4 Å². The van der Waals surface area contributed by atoms with Crippen LogP contribution in [-0.2, 0) is 7.05 Å². The second kappa shape index (κ2) is 4.72. The summed E-state index contributed by atoms with van der Waals surface area (Å²) in [6.07, 6.45) is -5.75. The van der Waals surface area contributed by atoms with Gasteiger partial charge in [-0.25, -0.2) is 0 Å². The van der Waals surface area contributed by atoms with Crippen molar-refractivity contribution in [2.45, 2.75) is 18.0 Å². The number of para-hydroxylation sites is 1. The fraction of sp³-hybridized carbons (Fsp3) is 0.308. The number of alkyl halides is 7. The molecule has 0 aliphatic heterocycles. The van der Waals surface area contributed by atoms with E-state index in [0.29, 0.717) is 0 Å². The van der Waals surface area contributed by atoms with Gasteiger partial charge in [0.25, 0.3) is 0 Å². The minimum absolute atomic E-state index is 0.132. The topological polar surface area (TPSA) is 22.0 Å². The second-order valence-electron chi connectivity index (χ2n) is 4.65. The lowest BCUT2D eigenvalue weighted by Crippen LogP contribution is -2.56. The Labute approximate surface area is 119 Å². The number of aryl methyl sites for hydroxylation is 1. The molecular formula is C13H8F7NO. The number of fused-ring (bicyclic) bond motifs is 1. The molecule has 1 aromatic heterocycles. The normalized spacial score (nSPS) is 13.6. The van der Waals surface area contributed by atoms with E-state index in [9.17, 15) is 35.5 Å². The van der Waals surface area contributed by atoms with Gasteiger partial charge < -0.3 is 4.57 Å². The predicted molar refractivity (Wildman–Crippen MR) is 63.2 cm³/mol. The van der Waals surface area contributed by atoms with Crippen LogP contribution in [0.3, 0.4) is 0 Å². The summed E-state index contributed by atoms with van der Waals surface area (Å²) in [7, 11) is 1.35. The summed E-state index contributed by atoms with van der Waals surface area (Å²) in [6.45, 7) is 0. The molecule has 0 saturated carbocycles. The maximum Gasteiger partial charge on any atom is 0.460 e. The number of rotatable bonds is 3. The third kappa shape index (κ3) is 2.15. The Hall–Kier alpha value is -2.06. The number of Topliss-reactive ketones (excluding diaryl/α,β-unsaturated/α-hetero) is 1. The molecular weight excluding hydrogens is 319 g/mol. The Balaban J connectivity index is 2.59. The molecule has 0 N–H and O–H groups in total. The minimum atomic E-state index is -6.54. The molecule has 2 nitrogen and oxygen atoms in total. The summed E-state index contributed by atoms with van der Waals surface area (Å²) in [4.78, 5) is 11.6. The van der Waals surface area contributed by atoms with Crippen molar-refractivity contribution in [3.63, 3.8) is 0 Å². The third-order valence-electron chi connectivity index (χ3n) is 3.18. The quantitative estimate of drug-likeness (QED) is 0.612. The van der Waals surface area contributed by atoms with Crippen molar-refractivity contribution in [3.8, 4) is 0 Å². The standard InChI is InChI=1S/C13H8F7NO/c1-21-6-8(7-4-2-3-5-9(7)21)10(22)11(14,15)12(16,17)13(18,19)20/h2-6H,1H3. The number of benzene rings is 1. The first-order valence-electron chi connectivity index (χ1n) is 5.82. The van der Waals surface area contributed by atoms with E-state index >= 15 is 0 Å². The summed E-state index contributed by atoms with van der Waals surface area (Å²) < 4.78 is 90.5. The number of halogens is 7. The molecule has 0 spiro atoms. The van der Waals surface area contributed by atoms with Gasteiger partial charge in [0.05, 0.1) is 0 Å². The Morgan fingerprint density at radius 3 is 2.09 bits per heavy atom. The summed E-state index contributed by atoms with van der Waals surface area (Å²) in [6, 6.07) is 5.44. The smallest absolute Gasteiger partial charge is 0.350 e. The number of hydrogen-bond acceptors (Lipinski definition) is 1. The number of nitrogens with zero attached hydrogens (tertiary/aromatic N) is 1. The van der Waals surface area contributed by atoms with Gasteiger partial charge in [-0.3, -0.25) is 4.79 Å². The maximum atomic E-state index is 13.5. The molecule has 0 saturated heterocycles. The molecule has 120 valence electrons. The van der Waals surface area contributed by atoms with E-state index < -0.39 is 29.4 Å². The van der Waals surface area contributed by atoms with Crippen molar-refractivity contribution in [1.82, 2.24) is 4.57 Å². The Morgan fingerprint density at radius 2 is 1.55 bits per heavy atom. The zero-order valence-electron chi connectivity index (χ0n) is 10.9. The van der Waals surface area contributed by atoms with Gasteiger partial charge in [0.2, 0.25) is 5.78 Å². The number of aromatic nitrogens is 1. The lowest BCUT2D eigenvalue weighted by atomic mass is 9.99. The van der Waals surface area contributed by atoms with Gasteiger partial charge in [-0.15, -0.1) is 0 Å². The molecule has 0 fully saturated rings. The molecule has 1 aromatic carbocycles. The van der Waals surface area contributed by atoms with Gasteiger partial charge in [0, 0.05) is 29.7 Å². The maximum absolute atomic E-state index is 13.5. The summed E-state index contributed by atoms with van der Waals surface area (Å²) in [5, 5.41) is -0.132. The van der Waals surface area contributed by atoms with Gasteiger partial charge in [-0.2, -0.15) is 30.7 Å². The molecule has 22 heavy (non-hydrogen) atoms. The molecule has 0 aliphatic rings. The summed E-state index contributed by atoms with van der Waals surface area (Å²) in [5.41, 5.74) is -0.649. The highest BCUT2D eigenvalue weighted by Crippen LogP contribution is 2.48. The van der Waals surface area contributed by atoms with E-state index in [0.717, 1.165) is 6.20 Å². The van der Waals surface area contributed by atoms with Crippen LogP contribution >= 0.6 is 0 Å². The van der Waals surface area contributed by atoms with Gasteiger partial charge in [0.15, 0.2) is 0 Å². The summed E-state index contributed by atoms with van der Waals surface area (Å²) >= 11 is 0. The van der Waals surface area contributed by atoms with Crippen molar-refractivity contribution < 1.29 is 35.5 Å². The first-order valence-corrected chi connectivity index (χ1v) is 5.82. The van der Waals surface area contributed by atoms with Crippen molar-refractivity contribution in [3.05, 3.63) is 36.0 Å². The van der Waals surface area contributed by atoms with Crippen LogP contribution in [0, 0.1) is 0 Å². The Bertz CT molecular complexity index is 730. The monoisotopic (exact) mass is 327 g/mol. The van der Waals surface area contributed by atoms with Gasteiger partial charge >= 0.3 is 18.0 Å². The van der Waals surface area contributed by atoms with Gasteiger partial charge in [-0.05, 0) is 6.07 Å². The highest BCUT2D eigenvalue weighted by molar-refractivity contribution is 6.11. The third-order valence-corrected chi connectivity index (χ3v) is 3.18. The van der Waals surface area contributed by atoms with E-state index in [4.69, 9.17) is 0 Å². The minimum Gasteiger partial charge on any atom is -0.350 e. The molecule has 1 heterocycles. The van der Waals surface area contributed by atoms with Crippen LogP contribution in [0.4, 0.5) is 30.7 Å².